The second-order valence-corrected chi connectivity index (χ2v) is 5.04. The number of ether oxygens (including phenoxy) is 1. The fourth-order valence-corrected chi connectivity index (χ4v) is 2.48. The molecule has 1 aromatic heterocycles. The van der Waals surface area contributed by atoms with E-state index in [2.05, 4.69) is 26.1 Å². The van der Waals surface area contributed by atoms with E-state index in [1.165, 1.54) is 6.07 Å². The van der Waals surface area contributed by atoms with Gasteiger partial charge in [0.2, 0.25) is 0 Å². The predicted molar refractivity (Wildman–Crippen MR) is 81.4 cm³/mol. The van der Waals surface area contributed by atoms with Crippen LogP contribution in [0.3, 0.4) is 0 Å². The highest BCUT2D eigenvalue weighted by Gasteiger charge is 2.16. The average molecular weight is 355 g/mol. The Bertz CT molecular complexity index is 657. The van der Waals surface area contributed by atoms with Crippen LogP contribution in [-0.2, 0) is 16.6 Å². The summed E-state index contributed by atoms with van der Waals surface area (Å²) in [6, 6.07) is 4.94. The number of aryl methyl sites for hydroxylation is 1. The smallest absolute Gasteiger partial charge is 0.272 e. The molecule has 0 unspecified atom stereocenters. The van der Waals surface area contributed by atoms with E-state index in [1.807, 2.05) is 4.57 Å². The fourth-order valence-electron chi connectivity index (χ4n) is 2.06. The summed E-state index contributed by atoms with van der Waals surface area (Å²) in [6.45, 7) is 2.87. The molecule has 0 atom stereocenters. The molecule has 0 saturated heterocycles. The molecule has 1 aromatic carbocycles. The number of hydrogen-bond acceptors (Lipinski definition) is 5. The van der Waals surface area contributed by atoms with Gasteiger partial charge in [-0.15, -0.1) is 10.2 Å². The van der Waals surface area contributed by atoms with Gasteiger partial charge in [-0.05, 0) is 19.1 Å². The Hall–Kier alpha value is -1.80. The highest BCUT2D eigenvalue weighted by Crippen LogP contribution is 2.25. The lowest BCUT2D eigenvalue weighted by Gasteiger charge is -2.09. The summed E-state index contributed by atoms with van der Waals surface area (Å²) < 4.78 is 7.04. The Balaban J connectivity index is 2.44. The van der Waals surface area contributed by atoms with Crippen molar-refractivity contribution in [2.45, 2.75) is 18.8 Å². The van der Waals surface area contributed by atoms with Gasteiger partial charge in [0.05, 0.1) is 16.9 Å². The van der Waals surface area contributed by atoms with Gasteiger partial charge < -0.3 is 9.30 Å². The first-order valence-corrected chi connectivity index (χ1v) is 7.43. The molecule has 0 aliphatic heterocycles. The van der Waals surface area contributed by atoms with Crippen LogP contribution < -0.4 is 0 Å². The summed E-state index contributed by atoms with van der Waals surface area (Å²) in [5.41, 5.74) is 1.50. The first kappa shape index (κ1) is 15.6. The van der Waals surface area contributed by atoms with E-state index in [4.69, 9.17) is 4.74 Å². The van der Waals surface area contributed by atoms with Crippen molar-refractivity contribution in [2.24, 2.45) is 0 Å². The molecule has 8 heteroatoms. The molecule has 0 spiro atoms. The molecule has 0 N–H and O–H groups in total. The van der Waals surface area contributed by atoms with Gasteiger partial charge in [0.1, 0.15) is 5.82 Å². The number of rotatable bonds is 6. The van der Waals surface area contributed by atoms with Gasteiger partial charge in [0.15, 0.2) is 5.82 Å². The number of aromatic nitrogens is 3. The number of nitro benzene ring substituents is 1. The number of methoxy groups -OCH3 is 1. The Morgan fingerprint density at radius 3 is 2.76 bits per heavy atom. The zero-order valence-electron chi connectivity index (χ0n) is 11.7. The maximum atomic E-state index is 10.9. The van der Waals surface area contributed by atoms with E-state index in [1.54, 1.807) is 26.2 Å². The number of nitrogens with zero attached hydrogens (tertiary/aromatic N) is 4. The summed E-state index contributed by atoms with van der Waals surface area (Å²) in [5.74, 6) is 1.47. The topological polar surface area (TPSA) is 83.1 Å². The second kappa shape index (κ2) is 6.77. The Labute approximate surface area is 130 Å². The number of nitro groups is 1. The second-order valence-electron chi connectivity index (χ2n) is 4.48. The van der Waals surface area contributed by atoms with Crippen LogP contribution in [0.4, 0.5) is 5.69 Å². The minimum Gasteiger partial charge on any atom is -0.383 e. The van der Waals surface area contributed by atoms with Gasteiger partial charge in [0.25, 0.3) is 5.69 Å². The van der Waals surface area contributed by atoms with Gasteiger partial charge in [0, 0.05) is 30.8 Å². The van der Waals surface area contributed by atoms with Crippen molar-refractivity contribution in [3.8, 4) is 11.4 Å². The SMILES string of the molecule is COCCn1c(CBr)nnc1-c1ccc([N+](=O)[O-])c(C)c1. The van der Waals surface area contributed by atoms with E-state index in [0.29, 0.717) is 29.9 Å². The summed E-state index contributed by atoms with van der Waals surface area (Å²) in [4.78, 5) is 10.5. The van der Waals surface area contributed by atoms with Crippen LogP contribution >= 0.6 is 15.9 Å². The monoisotopic (exact) mass is 354 g/mol. The van der Waals surface area contributed by atoms with Crippen molar-refractivity contribution >= 4 is 21.6 Å². The predicted octanol–water partition coefficient (Wildman–Crippen LogP) is 2.70. The molecule has 0 amide bonds. The zero-order valence-corrected chi connectivity index (χ0v) is 13.3. The molecule has 0 bridgehead atoms. The van der Waals surface area contributed by atoms with E-state index in [9.17, 15) is 10.1 Å². The highest BCUT2D eigenvalue weighted by molar-refractivity contribution is 9.08. The van der Waals surface area contributed by atoms with Gasteiger partial charge >= 0.3 is 0 Å². The minimum absolute atomic E-state index is 0.0995. The largest absolute Gasteiger partial charge is 0.383 e. The third-order valence-corrected chi connectivity index (χ3v) is 3.62. The normalized spacial score (nSPS) is 10.8. The van der Waals surface area contributed by atoms with Crippen LogP contribution in [0, 0.1) is 17.0 Å². The van der Waals surface area contributed by atoms with Gasteiger partial charge in [-0.25, -0.2) is 0 Å². The molecular formula is C13H15BrN4O3. The van der Waals surface area contributed by atoms with Crippen LogP contribution in [-0.4, -0.2) is 33.4 Å². The van der Waals surface area contributed by atoms with E-state index in [-0.39, 0.29) is 5.69 Å². The minimum atomic E-state index is -0.390. The summed E-state index contributed by atoms with van der Waals surface area (Å²) in [5, 5.41) is 19.8. The molecule has 0 fully saturated rings. The lowest BCUT2D eigenvalue weighted by molar-refractivity contribution is -0.385. The summed E-state index contributed by atoms with van der Waals surface area (Å²) in [7, 11) is 1.63. The lowest BCUT2D eigenvalue weighted by Crippen LogP contribution is -2.09. The van der Waals surface area contributed by atoms with E-state index < -0.39 is 4.92 Å². The summed E-state index contributed by atoms with van der Waals surface area (Å²) >= 11 is 3.38. The number of hydrogen-bond donors (Lipinski definition) is 0. The lowest BCUT2D eigenvalue weighted by atomic mass is 10.1. The van der Waals surface area contributed by atoms with Gasteiger partial charge in [-0.3, -0.25) is 10.1 Å². The zero-order chi connectivity index (χ0) is 15.4. The fraction of sp³-hybridized carbons (Fsp3) is 0.385. The number of alkyl halides is 1. The average Bonchev–Trinajstić information content (AvgIpc) is 2.87. The molecule has 0 radical (unpaired) electrons. The van der Waals surface area contributed by atoms with E-state index >= 15 is 0 Å². The molecule has 112 valence electrons. The van der Waals surface area contributed by atoms with Crippen molar-refractivity contribution < 1.29 is 9.66 Å². The molecule has 0 saturated carbocycles. The van der Waals surface area contributed by atoms with Crippen molar-refractivity contribution in [1.29, 1.82) is 0 Å². The highest BCUT2D eigenvalue weighted by atomic mass is 79.9. The maximum absolute atomic E-state index is 10.9. The Morgan fingerprint density at radius 1 is 1.43 bits per heavy atom. The number of halogens is 1. The van der Waals surface area contributed by atoms with Crippen molar-refractivity contribution in [2.75, 3.05) is 13.7 Å². The Kier molecular flexibility index (Phi) is 5.03. The number of benzene rings is 1. The maximum Gasteiger partial charge on any atom is 0.272 e. The molecule has 0 aliphatic carbocycles. The standard InChI is InChI=1S/C13H15BrN4O3/c1-9-7-10(3-4-11(9)18(19)20)13-16-15-12(8-14)17(13)5-6-21-2/h3-4,7H,5-6,8H2,1-2H3. The Morgan fingerprint density at radius 2 is 2.19 bits per heavy atom. The van der Waals surface area contributed by atoms with Crippen LogP contribution in [0.25, 0.3) is 11.4 Å². The molecule has 21 heavy (non-hydrogen) atoms. The van der Waals surface area contributed by atoms with Crippen molar-refractivity contribution in [3.63, 3.8) is 0 Å². The quantitative estimate of drug-likeness (QED) is 0.452. The molecule has 1 heterocycles. The third kappa shape index (κ3) is 3.27. The molecule has 0 aliphatic rings. The van der Waals surface area contributed by atoms with Crippen molar-refractivity contribution in [1.82, 2.24) is 14.8 Å². The van der Waals surface area contributed by atoms with Gasteiger partial charge in [-0.2, -0.15) is 0 Å². The third-order valence-electron chi connectivity index (χ3n) is 3.12. The van der Waals surface area contributed by atoms with Crippen LogP contribution in [0.1, 0.15) is 11.4 Å². The van der Waals surface area contributed by atoms with Crippen molar-refractivity contribution in [3.05, 3.63) is 39.7 Å². The summed E-state index contributed by atoms with van der Waals surface area (Å²) in [6.07, 6.45) is 0. The molecular weight excluding hydrogens is 340 g/mol. The van der Waals surface area contributed by atoms with Crippen LogP contribution in [0.2, 0.25) is 0 Å². The van der Waals surface area contributed by atoms with Gasteiger partial charge in [-0.1, -0.05) is 15.9 Å². The molecule has 7 nitrogen and oxygen atoms in total. The first-order chi connectivity index (χ1) is 10.1. The molecule has 2 aromatic rings. The van der Waals surface area contributed by atoms with Crippen LogP contribution in [0.15, 0.2) is 18.2 Å². The molecule has 2 rings (SSSR count). The van der Waals surface area contributed by atoms with Crippen LogP contribution in [0.5, 0.6) is 0 Å². The van der Waals surface area contributed by atoms with E-state index in [0.717, 1.165) is 11.4 Å². The first-order valence-electron chi connectivity index (χ1n) is 6.31.